The number of rotatable bonds is 5. The lowest BCUT2D eigenvalue weighted by atomic mass is 10.0. The Kier molecular flexibility index (Phi) is 22.0. The lowest BCUT2D eigenvalue weighted by molar-refractivity contribution is 0.0698. The molecule has 1 N–H and O–H groups in total. The number of hydrogen-bond acceptors (Lipinski definition) is 4. The summed E-state index contributed by atoms with van der Waals surface area (Å²) in [6.07, 6.45) is 0.891. The Bertz CT molecular complexity index is 1760. The number of carboxylic acid groups (broad SMARTS) is 1. The number of aromatic carboxylic acids is 1. The third kappa shape index (κ3) is 15.7. The van der Waals surface area contributed by atoms with Gasteiger partial charge in [0.25, 0.3) is 0 Å². The molecule has 0 fully saturated rings. The van der Waals surface area contributed by atoms with Gasteiger partial charge in [0.2, 0.25) is 10.2 Å². The fourth-order valence-corrected chi connectivity index (χ4v) is 4.27. The molecule has 0 bridgehead atoms. The van der Waals surface area contributed by atoms with Gasteiger partial charge in [-0.3, -0.25) is 9.59 Å². The zero-order chi connectivity index (χ0) is 33.6. The first kappa shape index (κ1) is 42.6. The average Bonchev–Trinajstić information content (AvgIpc) is 3.11. The first-order chi connectivity index (χ1) is 22.3. The van der Waals surface area contributed by atoms with Gasteiger partial charge < -0.3 is 5.11 Å². The minimum Gasteiger partial charge on any atom is -0.478 e. The Balaban J connectivity index is 0.000000624. The van der Waals surface area contributed by atoms with Crippen LogP contribution in [0.2, 0.25) is 0 Å². The fraction of sp³-hybridized carbons (Fsp3) is 0.0732. The van der Waals surface area contributed by atoms with E-state index in [0.29, 0.717) is 16.7 Å². The van der Waals surface area contributed by atoms with Crippen LogP contribution in [-0.2, 0) is 6.42 Å². The van der Waals surface area contributed by atoms with Crippen molar-refractivity contribution in [2.75, 3.05) is 0 Å². The number of carbonyl (C=O) groups excluding carboxylic acids is 2. The Morgan fingerprint density at radius 3 is 1.33 bits per heavy atom. The molecule has 6 aromatic carbocycles. The quantitative estimate of drug-likeness (QED) is 0.158. The molecule has 0 aliphatic heterocycles. The van der Waals surface area contributed by atoms with E-state index in [1.807, 2.05) is 127 Å². The molecular formula is C41H41NO4S2. The summed E-state index contributed by atoms with van der Waals surface area (Å²) in [4.78, 5) is 32.3. The topological polar surface area (TPSA) is 95.2 Å². The van der Waals surface area contributed by atoms with Crippen LogP contribution in [0.15, 0.2) is 164 Å². The second kappa shape index (κ2) is 24.8. The van der Waals surface area contributed by atoms with Crippen molar-refractivity contribution < 1.29 is 19.5 Å². The monoisotopic (exact) mass is 675 g/mol. The summed E-state index contributed by atoms with van der Waals surface area (Å²) in [6.45, 7) is 3.50. The molecule has 48 heavy (non-hydrogen) atoms. The van der Waals surface area contributed by atoms with Gasteiger partial charge in [-0.15, -0.1) is 25.3 Å². The molecule has 0 radical (unpaired) electrons. The van der Waals surface area contributed by atoms with Crippen LogP contribution < -0.4 is 0 Å². The Hall–Kier alpha value is -5.42. The van der Waals surface area contributed by atoms with Crippen molar-refractivity contribution in [2.24, 2.45) is 0 Å². The van der Waals surface area contributed by atoms with E-state index < -0.39 is 5.97 Å². The molecule has 7 heteroatoms. The number of carboxylic acids is 1. The van der Waals surface area contributed by atoms with Crippen LogP contribution in [0.3, 0.4) is 0 Å². The number of nitriles is 1. The molecule has 0 unspecified atom stereocenters. The highest BCUT2D eigenvalue weighted by Crippen LogP contribution is 2.18. The molecule has 246 valence electrons. The van der Waals surface area contributed by atoms with Gasteiger partial charge >= 0.3 is 5.97 Å². The van der Waals surface area contributed by atoms with Crippen LogP contribution in [-0.4, -0.2) is 21.3 Å². The second-order valence-electron chi connectivity index (χ2n) is 9.32. The molecule has 6 aromatic rings. The van der Waals surface area contributed by atoms with Crippen molar-refractivity contribution in [1.82, 2.24) is 0 Å². The van der Waals surface area contributed by atoms with Gasteiger partial charge in [0.15, 0.2) is 0 Å². The van der Waals surface area contributed by atoms with Gasteiger partial charge in [-0.05, 0) is 34.4 Å². The maximum absolute atomic E-state index is 11.0. The largest absolute Gasteiger partial charge is 0.478 e. The number of nitrogens with zero attached hydrogens (tertiary/aromatic N) is 1. The van der Waals surface area contributed by atoms with E-state index in [2.05, 4.69) is 44.0 Å². The normalized spacial score (nSPS) is 8.83. The van der Waals surface area contributed by atoms with Crippen molar-refractivity contribution >= 4 is 52.2 Å². The molecule has 6 rings (SSSR count). The molecular weight excluding hydrogens is 635 g/mol. The Morgan fingerprint density at radius 1 is 0.500 bits per heavy atom. The summed E-state index contributed by atoms with van der Waals surface area (Å²) in [7, 11) is 0. The SMILES string of the molecule is C.C.C#N.O=C(O)c1cccc2ccccc12.O=C(S)c1ccc(Cc2ccccc2)cc1.O=C(S)c1ccccc1.c1ccccc1. The molecule has 0 saturated heterocycles. The molecule has 0 spiro atoms. The van der Waals surface area contributed by atoms with Crippen molar-refractivity contribution in [2.45, 2.75) is 21.3 Å². The number of benzene rings is 6. The van der Waals surface area contributed by atoms with Gasteiger partial charge in [-0.25, -0.2) is 10.1 Å². The van der Waals surface area contributed by atoms with Crippen LogP contribution in [0.25, 0.3) is 10.8 Å². The average molecular weight is 676 g/mol. The molecule has 0 aromatic heterocycles. The molecule has 0 aliphatic rings. The molecule has 0 saturated carbocycles. The van der Waals surface area contributed by atoms with Crippen molar-refractivity contribution in [1.29, 1.82) is 5.26 Å². The van der Waals surface area contributed by atoms with E-state index in [9.17, 15) is 14.4 Å². The number of fused-ring (bicyclic) bond motifs is 1. The minimum absolute atomic E-state index is 0. The molecule has 0 atom stereocenters. The Labute approximate surface area is 295 Å². The summed E-state index contributed by atoms with van der Waals surface area (Å²) >= 11 is 7.43. The van der Waals surface area contributed by atoms with Crippen LogP contribution in [0.4, 0.5) is 0 Å². The number of hydrogen-bond donors (Lipinski definition) is 3. The Morgan fingerprint density at radius 2 is 0.875 bits per heavy atom. The summed E-state index contributed by atoms with van der Waals surface area (Å²) in [5, 5.41) is 16.8. The fourth-order valence-electron chi connectivity index (χ4n) is 3.97. The van der Waals surface area contributed by atoms with Gasteiger partial charge in [0.1, 0.15) is 0 Å². The highest BCUT2D eigenvalue weighted by atomic mass is 32.1. The minimum atomic E-state index is -0.878. The first-order valence-electron chi connectivity index (χ1n) is 14.0. The van der Waals surface area contributed by atoms with Gasteiger partial charge in [0, 0.05) is 17.7 Å². The van der Waals surface area contributed by atoms with E-state index in [4.69, 9.17) is 10.4 Å². The molecule has 5 nitrogen and oxygen atoms in total. The van der Waals surface area contributed by atoms with Gasteiger partial charge in [-0.2, -0.15) is 0 Å². The standard InChI is InChI=1S/C14H12OS.C11H8O2.C7H6OS.C6H6.CHN.2CH4/c15-14(16)13-8-6-12(7-9-13)10-11-4-2-1-3-5-11;12-11(13)10-7-3-5-8-4-1-2-6-9(8)10;8-7(9)6-4-2-1-3-5-6;1-2-4-6-5-3-1;1-2;;/h1-9H,10H2,(H,15,16);1-7H,(H,12,13);1-5H,(H,8,9);1-6H;1H;2*1H4. The van der Waals surface area contributed by atoms with Crippen LogP contribution in [0, 0.1) is 11.8 Å². The van der Waals surface area contributed by atoms with Crippen LogP contribution in [0.1, 0.15) is 57.1 Å². The van der Waals surface area contributed by atoms with E-state index >= 15 is 0 Å². The predicted octanol–water partition coefficient (Wildman–Crippen LogP) is 10.7. The van der Waals surface area contributed by atoms with E-state index in [1.165, 1.54) is 11.1 Å². The van der Waals surface area contributed by atoms with Gasteiger partial charge in [-0.1, -0.05) is 173 Å². The first-order valence-corrected chi connectivity index (χ1v) is 14.9. The number of thiol groups is 2. The lowest BCUT2D eigenvalue weighted by Crippen LogP contribution is -1.96. The summed E-state index contributed by atoms with van der Waals surface area (Å²) < 4.78 is 0. The summed E-state index contributed by atoms with van der Waals surface area (Å²) in [6, 6.07) is 51.5. The van der Waals surface area contributed by atoms with Crippen molar-refractivity contribution in [3.05, 3.63) is 192 Å². The zero-order valence-electron chi connectivity index (χ0n) is 24.9. The number of carbonyl (C=O) groups is 3. The van der Waals surface area contributed by atoms with E-state index in [0.717, 1.165) is 17.2 Å². The second-order valence-corrected chi connectivity index (χ2v) is 10.1. The smallest absolute Gasteiger partial charge is 0.336 e. The predicted molar refractivity (Wildman–Crippen MR) is 206 cm³/mol. The van der Waals surface area contributed by atoms with Crippen molar-refractivity contribution in [3.63, 3.8) is 0 Å². The zero-order valence-corrected chi connectivity index (χ0v) is 26.7. The third-order valence-electron chi connectivity index (χ3n) is 6.16. The van der Waals surface area contributed by atoms with Crippen LogP contribution in [0.5, 0.6) is 0 Å². The van der Waals surface area contributed by atoms with Crippen molar-refractivity contribution in [3.8, 4) is 6.57 Å². The lowest BCUT2D eigenvalue weighted by Gasteiger charge is -2.02. The highest BCUT2D eigenvalue weighted by Gasteiger charge is 2.06. The van der Waals surface area contributed by atoms with E-state index in [1.54, 1.807) is 24.3 Å². The summed E-state index contributed by atoms with van der Waals surface area (Å²) in [5.74, 6) is -0.878. The van der Waals surface area contributed by atoms with Gasteiger partial charge in [0.05, 0.1) is 5.56 Å². The molecule has 0 amide bonds. The third-order valence-corrected chi connectivity index (χ3v) is 6.68. The highest BCUT2D eigenvalue weighted by molar-refractivity contribution is 7.97. The molecule has 0 heterocycles. The molecule has 0 aliphatic carbocycles. The maximum Gasteiger partial charge on any atom is 0.336 e. The summed E-state index contributed by atoms with van der Waals surface area (Å²) in [5.41, 5.74) is 4.11. The maximum atomic E-state index is 11.0. The van der Waals surface area contributed by atoms with Crippen LogP contribution >= 0.6 is 25.3 Å². The van der Waals surface area contributed by atoms with E-state index in [-0.39, 0.29) is 25.1 Å².